The van der Waals surface area contributed by atoms with Gasteiger partial charge in [0.2, 0.25) is 0 Å². The van der Waals surface area contributed by atoms with E-state index in [1.807, 2.05) is 18.3 Å². The summed E-state index contributed by atoms with van der Waals surface area (Å²) in [5.41, 5.74) is 1.63. The van der Waals surface area contributed by atoms with Crippen molar-refractivity contribution < 1.29 is 0 Å². The van der Waals surface area contributed by atoms with Crippen LogP contribution in [0.15, 0.2) is 18.3 Å². The maximum Gasteiger partial charge on any atom is 0.129 e. The van der Waals surface area contributed by atoms with Crippen LogP contribution in [0.3, 0.4) is 0 Å². The van der Waals surface area contributed by atoms with Crippen molar-refractivity contribution in [3.63, 3.8) is 0 Å². The molecule has 0 bridgehead atoms. The predicted molar refractivity (Wildman–Crippen MR) is 67.5 cm³/mol. The van der Waals surface area contributed by atoms with Crippen LogP contribution in [-0.2, 0) is 6.54 Å². The monoisotopic (exact) mass is 238 g/mol. The van der Waals surface area contributed by atoms with Crippen molar-refractivity contribution in [1.82, 2.24) is 10.3 Å². The molecule has 1 atom stereocenters. The van der Waals surface area contributed by atoms with Crippen molar-refractivity contribution in [3.05, 3.63) is 29.0 Å². The Labute approximate surface area is 102 Å². The molecule has 2 nitrogen and oxygen atoms in total. The third-order valence-corrected chi connectivity index (χ3v) is 3.82. The molecule has 88 valence electrons. The second kappa shape index (κ2) is 4.72. The van der Waals surface area contributed by atoms with Crippen molar-refractivity contribution >= 4 is 11.6 Å². The minimum absolute atomic E-state index is 0.430. The van der Waals surface area contributed by atoms with E-state index in [0.29, 0.717) is 16.6 Å². The summed E-state index contributed by atoms with van der Waals surface area (Å²) < 4.78 is 0. The van der Waals surface area contributed by atoms with Gasteiger partial charge in [-0.2, -0.15) is 0 Å². The van der Waals surface area contributed by atoms with Crippen LogP contribution < -0.4 is 5.32 Å². The highest BCUT2D eigenvalue weighted by molar-refractivity contribution is 6.29. The molecular weight excluding hydrogens is 220 g/mol. The van der Waals surface area contributed by atoms with Gasteiger partial charge in [0, 0.05) is 18.8 Å². The average Bonchev–Trinajstić information content (AvgIpc) is 2.57. The van der Waals surface area contributed by atoms with E-state index < -0.39 is 0 Å². The number of nitrogens with zero attached hydrogens (tertiary/aromatic N) is 1. The van der Waals surface area contributed by atoms with Crippen LogP contribution in [0.5, 0.6) is 0 Å². The standard InChI is InChI=1S/C13H19ClN2/c1-13(2)7-3-4-11(13)15-8-10-5-6-12(14)16-9-10/h5-6,9,11,15H,3-4,7-8H2,1-2H3. The van der Waals surface area contributed by atoms with Gasteiger partial charge in [0.1, 0.15) is 5.15 Å². The van der Waals surface area contributed by atoms with Gasteiger partial charge in [0.25, 0.3) is 0 Å². The van der Waals surface area contributed by atoms with Crippen molar-refractivity contribution in [2.45, 2.75) is 45.7 Å². The molecule has 0 radical (unpaired) electrons. The van der Waals surface area contributed by atoms with Gasteiger partial charge < -0.3 is 5.32 Å². The Kier molecular flexibility index (Phi) is 3.50. The predicted octanol–water partition coefficient (Wildman–Crippen LogP) is 3.40. The van der Waals surface area contributed by atoms with E-state index in [9.17, 15) is 0 Å². The second-order valence-electron chi connectivity index (χ2n) is 5.30. The van der Waals surface area contributed by atoms with Crippen molar-refractivity contribution in [1.29, 1.82) is 0 Å². The SMILES string of the molecule is CC1(C)CCCC1NCc1ccc(Cl)nc1. The molecule has 3 heteroatoms. The van der Waals surface area contributed by atoms with Crippen LogP contribution in [0.2, 0.25) is 5.15 Å². The first kappa shape index (κ1) is 11.9. The minimum Gasteiger partial charge on any atom is -0.309 e. The zero-order chi connectivity index (χ0) is 11.6. The van der Waals surface area contributed by atoms with Crippen molar-refractivity contribution in [3.8, 4) is 0 Å². The summed E-state index contributed by atoms with van der Waals surface area (Å²) in [6.45, 7) is 5.58. The number of pyridine rings is 1. The van der Waals surface area contributed by atoms with Crippen LogP contribution in [-0.4, -0.2) is 11.0 Å². The molecule has 1 aliphatic rings. The summed E-state index contributed by atoms with van der Waals surface area (Å²) in [6.07, 6.45) is 5.79. The van der Waals surface area contributed by atoms with E-state index in [-0.39, 0.29) is 0 Å². The summed E-state index contributed by atoms with van der Waals surface area (Å²) in [5.74, 6) is 0. The van der Waals surface area contributed by atoms with Gasteiger partial charge in [-0.05, 0) is 29.9 Å². The highest BCUT2D eigenvalue weighted by Gasteiger charge is 2.33. The molecule has 0 aliphatic heterocycles. The first-order valence-electron chi connectivity index (χ1n) is 5.92. The largest absolute Gasteiger partial charge is 0.309 e. The number of rotatable bonds is 3. The van der Waals surface area contributed by atoms with Gasteiger partial charge in [-0.25, -0.2) is 4.98 Å². The molecule has 1 unspecified atom stereocenters. The summed E-state index contributed by atoms with van der Waals surface area (Å²) in [5, 5.41) is 4.18. The van der Waals surface area contributed by atoms with Gasteiger partial charge >= 0.3 is 0 Å². The molecular formula is C13H19ClN2. The topological polar surface area (TPSA) is 24.9 Å². The lowest BCUT2D eigenvalue weighted by Crippen LogP contribution is -2.37. The van der Waals surface area contributed by atoms with Gasteiger partial charge in [-0.15, -0.1) is 0 Å². The van der Waals surface area contributed by atoms with Crippen LogP contribution in [0.4, 0.5) is 0 Å². The molecule has 0 saturated heterocycles. The zero-order valence-corrected chi connectivity index (χ0v) is 10.7. The molecule has 1 N–H and O–H groups in total. The van der Waals surface area contributed by atoms with Crippen LogP contribution in [0, 0.1) is 5.41 Å². The van der Waals surface area contributed by atoms with Gasteiger partial charge in [0.15, 0.2) is 0 Å². The Bertz CT molecular complexity index is 345. The lowest BCUT2D eigenvalue weighted by Gasteiger charge is -2.28. The van der Waals surface area contributed by atoms with E-state index in [1.54, 1.807) is 0 Å². The van der Waals surface area contributed by atoms with E-state index in [2.05, 4.69) is 24.1 Å². The highest BCUT2D eigenvalue weighted by atomic mass is 35.5. The number of hydrogen-bond acceptors (Lipinski definition) is 2. The lowest BCUT2D eigenvalue weighted by molar-refractivity contribution is 0.282. The van der Waals surface area contributed by atoms with Crippen molar-refractivity contribution in [2.24, 2.45) is 5.41 Å². The zero-order valence-electron chi connectivity index (χ0n) is 9.96. The third kappa shape index (κ3) is 2.74. The highest BCUT2D eigenvalue weighted by Crippen LogP contribution is 2.37. The Morgan fingerprint density at radius 3 is 2.88 bits per heavy atom. The summed E-state index contributed by atoms with van der Waals surface area (Å²) >= 11 is 5.75. The maximum absolute atomic E-state index is 5.75. The molecule has 1 heterocycles. The molecule has 0 spiro atoms. The first-order valence-corrected chi connectivity index (χ1v) is 6.29. The fourth-order valence-corrected chi connectivity index (χ4v) is 2.57. The van der Waals surface area contributed by atoms with E-state index in [4.69, 9.17) is 11.6 Å². The molecule has 1 aromatic rings. The molecule has 0 aromatic carbocycles. The summed E-state index contributed by atoms with van der Waals surface area (Å²) in [4.78, 5) is 4.09. The smallest absolute Gasteiger partial charge is 0.129 e. The molecule has 1 saturated carbocycles. The second-order valence-corrected chi connectivity index (χ2v) is 5.69. The molecule has 16 heavy (non-hydrogen) atoms. The maximum atomic E-state index is 5.75. The molecule has 0 amide bonds. The van der Waals surface area contributed by atoms with Crippen molar-refractivity contribution in [2.75, 3.05) is 0 Å². The van der Waals surface area contributed by atoms with E-state index in [0.717, 1.165) is 6.54 Å². The molecule has 1 aliphatic carbocycles. The fourth-order valence-electron chi connectivity index (χ4n) is 2.46. The first-order chi connectivity index (χ1) is 7.58. The molecule has 2 rings (SSSR count). The normalized spacial score (nSPS) is 23.6. The number of halogens is 1. The molecule has 1 aromatic heterocycles. The van der Waals surface area contributed by atoms with Crippen LogP contribution in [0.25, 0.3) is 0 Å². The van der Waals surface area contributed by atoms with Gasteiger partial charge in [-0.3, -0.25) is 0 Å². The number of nitrogens with one attached hydrogen (secondary N) is 1. The fraction of sp³-hybridized carbons (Fsp3) is 0.615. The average molecular weight is 239 g/mol. The van der Waals surface area contributed by atoms with Crippen LogP contribution in [0.1, 0.15) is 38.7 Å². The Morgan fingerprint density at radius 1 is 1.50 bits per heavy atom. The number of hydrogen-bond donors (Lipinski definition) is 1. The number of aromatic nitrogens is 1. The lowest BCUT2D eigenvalue weighted by atomic mass is 9.87. The molecule has 1 fully saturated rings. The summed E-state index contributed by atoms with van der Waals surface area (Å²) in [7, 11) is 0. The Balaban J connectivity index is 1.90. The Hall–Kier alpha value is -0.600. The van der Waals surface area contributed by atoms with Gasteiger partial charge in [0.05, 0.1) is 0 Å². The van der Waals surface area contributed by atoms with E-state index in [1.165, 1.54) is 24.8 Å². The summed E-state index contributed by atoms with van der Waals surface area (Å²) in [6, 6.07) is 4.51. The van der Waals surface area contributed by atoms with E-state index >= 15 is 0 Å². The Morgan fingerprint density at radius 2 is 2.31 bits per heavy atom. The van der Waals surface area contributed by atoms with Gasteiger partial charge in [-0.1, -0.05) is 37.9 Å². The third-order valence-electron chi connectivity index (χ3n) is 3.60. The quantitative estimate of drug-likeness (QED) is 0.817. The minimum atomic E-state index is 0.430. The van der Waals surface area contributed by atoms with Crippen LogP contribution >= 0.6 is 11.6 Å².